The van der Waals surface area contributed by atoms with E-state index in [0.29, 0.717) is 16.4 Å². The average molecular weight is 306 g/mol. The molecular weight excluding hydrogens is 294 g/mol. The van der Waals surface area contributed by atoms with E-state index in [1.165, 1.54) is 0 Å². The molecule has 0 bridgehead atoms. The summed E-state index contributed by atoms with van der Waals surface area (Å²) in [7, 11) is 0. The summed E-state index contributed by atoms with van der Waals surface area (Å²) in [6, 6.07) is 17.4. The van der Waals surface area contributed by atoms with E-state index in [4.69, 9.17) is 11.6 Å². The van der Waals surface area contributed by atoms with Crippen molar-refractivity contribution in [3.8, 4) is 6.07 Å². The standard InChI is InChI=1S/C18H12ClN3/c19-15-9-2-1-6-13(15)7-5-8-14(12-20)18-21-16-10-3-4-11-17(16)22-18/h1-11H,(H,21,22)/b7-5-,14-8-. The van der Waals surface area contributed by atoms with Crippen LogP contribution in [0.3, 0.4) is 0 Å². The molecule has 3 nitrogen and oxygen atoms in total. The number of nitriles is 1. The molecule has 1 N–H and O–H groups in total. The van der Waals surface area contributed by atoms with E-state index in [2.05, 4.69) is 16.0 Å². The number of allylic oxidation sites excluding steroid dienone is 3. The Kier molecular flexibility index (Phi) is 4.04. The minimum atomic E-state index is 0.472. The third kappa shape index (κ3) is 2.93. The number of fused-ring (bicyclic) bond motifs is 1. The Balaban J connectivity index is 1.91. The molecule has 3 aromatic rings. The van der Waals surface area contributed by atoms with Crippen molar-refractivity contribution in [2.24, 2.45) is 0 Å². The van der Waals surface area contributed by atoms with Gasteiger partial charge in [-0.25, -0.2) is 4.98 Å². The Morgan fingerprint density at radius 2 is 1.91 bits per heavy atom. The lowest BCUT2D eigenvalue weighted by atomic mass is 10.2. The number of aromatic amines is 1. The maximum atomic E-state index is 9.32. The molecule has 0 atom stereocenters. The molecule has 3 rings (SSSR count). The summed E-state index contributed by atoms with van der Waals surface area (Å²) in [5.41, 5.74) is 3.13. The number of halogens is 1. The predicted octanol–water partition coefficient (Wildman–Crippen LogP) is 4.84. The Labute approximate surface area is 133 Å². The van der Waals surface area contributed by atoms with Crippen LogP contribution in [0.2, 0.25) is 5.02 Å². The number of para-hydroxylation sites is 2. The zero-order valence-corrected chi connectivity index (χ0v) is 12.4. The summed E-state index contributed by atoms with van der Waals surface area (Å²) in [6.07, 6.45) is 5.39. The van der Waals surface area contributed by atoms with Crippen LogP contribution < -0.4 is 0 Å². The van der Waals surface area contributed by atoms with Gasteiger partial charge in [0.1, 0.15) is 11.9 Å². The van der Waals surface area contributed by atoms with Gasteiger partial charge in [-0.2, -0.15) is 5.26 Å². The minimum Gasteiger partial charge on any atom is -0.337 e. The zero-order valence-electron chi connectivity index (χ0n) is 11.6. The van der Waals surface area contributed by atoms with Crippen LogP contribution in [0.1, 0.15) is 11.4 Å². The van der Waals surface area contributed by atoms with E-state index in [-0.39, 0.29) is 0 Å². The van der Waals surface area contributed by atoms with Crippen molar-refractivity contribution in [3.05, 3.63) is 77.1 Å². The highest BCUT2D eigenvalue weighted by atomic mass is 35.5. The van der Waals surface area contributed by atoms with Gasteiger partial charge in [0.2, 0.25) is 0 Å². The van der Waals surface area contributed by atoms with E-state index < -0.39 is 0 Å². The first-order chi connectivity index (χ1) is 10.8. The highest BCUT2D eigenvalue weighted by Crippen LogP contribution is 2.18. The molecule has 1 aromatic heterocycles. The van der Waals surface area contributed by atoms with Crippen LogP contribution in [0.5, 0.6) is 0 Å². The molecule has 0 saturated heterocycles. The molecule has 1 heterocycles. The van der Waals surface area contributed by atoms with Gasteiger partial charge in [0.25, 0.3) is 0 Å². The molecule has 0 radical (unpaired) electrons. The summed E-state index contributed by atoms with van der Waals surface area (Å²) in [4.78, 5) is 7.57. The number of hydrogen-bond donors (Lipinski definition) is 1. The van der Waals surface area contributed by atoms with Crippen LogP contribution in [0.25, 0.3) is 22.7 Å². The molecule has 0 aliphatic carbocycles. The summed E-state index contributed by atoms with van der Waals surface area (Å²) in [6.45, 7) is 0. The van der Waals surface area contributed by atoms with Crippen LogP contribution in [0.4, 0.5) is 0 Å². The highest BCUT2D eigenvalue weighted by Gasteiger charge is 2.06. The summed E-state index contributed by atoms with van der Waals surface area (Å²) in [5.74, 6) is 0.563. The van der Waals surface area contributed by atoms with Gasteiger partial charge in [-0.15, -0.1) is 0 Å². The Morgan fingerprint density at radius 3 is 2.68 bits per heavy atom. The maximum Gasteiger partial charge on any atom is 0.149 e. The Bertz CT molecular complexity index is 880. The molecule has 0 aliphatic rings. The molecule has 2 aromatic carbocycles. The van der Waals surface area contributed by atoms with E-state index in [0.717, 1.165) is 16.6 Å². The first-order valence-corrected chi connectivity index (χ1v) is 7.14. The van der Waals surface area contributed by atoms with Crippen molar-refractivity contribution in [3.63, 3.8) is 0 Å². The number of benzene rings is 2. The largest absolute Gasteiger partial charge is 0.337 e. The van der Waals surface area contributed by atoms with Crippen LogP contribution in [0, 0.1) is 11.3 Å². The lowest BCUT2D eigenvalue weighted by Gasteiger charge is -1.95. The van der Waals surface area contributed by atoms with Gasteiger partial charge in [-0.05, 0) is 29.8 Å². The molecule has 0 saturated carbocycles. The second-order valence-electron chi connectivity index (χ2n) is 4.68. The van der Waals surface area contributed by atoms with Crippen molar-refractivity contribution in [1.82, 2.24) is 9.97 Å². The van der Waals surface area contributed by atoms with Crippen molar-refractivity contribution in [2.45, 2.75) is 0 Å². The summed E-state index contributed by atoms with van der Waals surface area (Å²) in [5, 5.41) is 9.99. The average Bonchev–Trinajstić information content (AvgIpc) is 2.97. The van der Waals surface area contributed by atoms with Crippen molar-refractivity contribution in [2.75, 3.05) is 0 Å². The molecule has 0 unspecified atom stereocenters. The van der Waals surface area contributed by atoms with Gasteiger partial charge >= 0.3 is 0 Å². The monoisotopic (exact) mass is 305 g/mol. The van der Waals surface area contributed by atoms with Gasteiger partial charge < -0.3 is 4.98 Å². The Hall–Kier alpha value is -2.83. The molecule has 4 heteroatoms. The maximum absolute atomic E-state index is 9.32. The third-order valence-corrected chi connectivity index (χ3v) is 3.55. The fraction of sp³-hybridized carbons (Fsp3) is 0. The minimum absolute atomic E-state index is 0.472. The van der Waals surface area contributed by atoms with Crippen LogP contribution in [0.15, 0.2) is 60.7 Å². The molecule has 0 amide bonds. The number of rotatable bonds is 3. The molecular formula is C18H12ClN3. The van der Waals surface area contributed by atoms with E-state index in [1.54, 1.807) is 12.2 Å². The van der Waals surface area contributed by atoms with Crippen LogP contribution in [-0.2, 0) is 0 Å². The van der Waals surface area contributed by atoms with Crippen molar-refractivity contribution < 1.29 is 0 Å². The van der Waals surface area contributed by atoms with E-state index in [1.807, 2.05) is 54.6 Å². The Morgan fingerprint density at radius 1 is 1.14 bits per heavy atom. The first kappa shape index (κ1) is 14.1. The quantitative estimate of drug-likeness (QED) is 0.556. The number of nitrogens with one attached hydrogen (secondary N) is 1. The van der Waals surface area contributed by atoms with E-state index in [9.17, 15) is 5.26 Å². The third-order valence-electron chi connectivity index (χ3n) is 3.21. The zero-order chi connectivity index (χ0) is 15.4. The van der Waals surface area contributed by atoms with Crippen molar-refractivity contribution in [1.29, 1.82) is 5.26 Å². The first-order valence-electron chi connectivity index (χ1n) is 6.76. The topological polar surface area (TPSA) is 52.5 Å². The lowest BCUT2D eigenvalue weighted by molar-refractivity contribution is 1.27. The summed E-state index contributed by atoms with van der Waals surface area (Å²) >= 11 is 6.09. The molecule has 0 aliphatic heterocycles. The smallest absolute Gasteiger partial charge is 0.149 e. The van der Waals surface area contributed by atoms with Crippen LogP contribution >= 0.6 is 11.6 Å². The van der Waals surface area contributed by atoms with Gasteiger partial charge in [0, 0.05) is 5.02 Å². The number of nitrogens with zero attached hydrogens (tertiary/aromatic N) is 2. The normalized spacial score (nSPS) is 11.9. The summed E-state index contributed by atoms with van der Waals surface area (Å²) < 4.78 is 0. The van der Waals surface area contributed by atoms with Crippen molar-refractivity contribution >= 4 is 34.3 Å². The molecule has 0 spiro atoms. The molecule has 106 valence electrons. The van der Waals surface area contributed by atoms with Gasteiger partial charge in [0.15, 0.2) is 0 Å². The SMILES string of the molecule is N#C/C(=C/C=C\c1ccccc1Cl)c1nc2ccccc2[nH]1. The second kappa shape index (κ2) is 6.30. The fourth-order valence-electron chi connectivity index (χ4n) is 2.11. The van der Waals surface area contributed by atoms with Gasteiger partial charge in [-0.1, -0.05) is 54.1 Å². The predicted molar refractivity (Wildman–Crippen MR) is 90.2 cm³/mol. The second-order valence-corrected chi connectivity index (χ2v) is 5.08. The molecule has 0 fully saturated rings. The lowest BCUT2D eigenvalue weighted by Crippen LogP contribution is -1.83. The van der Waals surface area contributed by atoms with E-state index >= 15 is 0 Å². The number of aromatic nitrogens is 2. The molecule has 22 heavy (non-hydrogen) atoms. The number of imidazole rings is 1. The number of H-pyrrole nitrogens is 1. The van der Waals surface area contributed by atoms with Gasteiger partial charge in [0.05, 0.1) is 16.6 Å². The van der Waals surface area contributed by atoms with Gasteiger partial charge in [-0.3, -0.25) is 0 Å². The fourth-order valence-corrected chi connectivity index (χ4v) is 2.31. The van der Waals surface area contributed by atoms with Crippen LogP contribution in [-0.4, -0.2) is 9.97 Å². The highest BCUT2D eigenvalue weighted by molar-refractivity contribution is 6.32. The number of hydrogen-bond acceptors (Lipinski definition) is 2.